The van der Waals surface area contributed by atoms with Gasteiger partial charge in [0.05, 0.1) is 17.0 Å². The number of rotatable bonds is 17. The molecule has 0 radical (unpaired) electrons. The fourth-order valence-corrected chi connectivity index (χ4v) is 5.99. The highest BCUT2D eigenvalue weighted by Gasteiger charge is 2.36. The Morgan fingerprint density at radius 1 is 0.875 bits per heavy atom. The van der Waals surface area contributed by atoms with Crippen LogP contribution < -0.4 is 0 Å². The molecule has 3 nitrogen and oxygen atoms in total. The number of carbonyl (C=O) groups is 1. The van der Waals surface area contributed by atoms with E-state index in [4.69, 9.17) is 4.74 Å². The number of esters is 1. The average Bonchev–Trinajstić information content (AvgIpc) is 2.98. The maximum Gasteiger partial charge on any atom is 0.338 e. The third-order valence-electron chi connectivity index (χ3n) is 8.69. The van der Waals surface area contributed by atoms with Gasteiger partial charge in [-0.05, 0) is 74.3 Å². The van der Waals surface area contributed by atoms with Gasteiger partial charge >= 0.3 is 5.97 Å². The van der Waals surface area contributed by atoms with Gasteiger partial charge in [-0.1, -0.05) is 109 Å². The van der Waals surface area contributed by atoms with Crippen LogP contribution >= 0.6 is 0 Å². The van der Waals surface area contributed by atoms with Crippen molar-refractivity contribution >= 4 is 5.97 Å². The molecule has 0 unspecified atom stereocenters. The van der Waals surface area contributed by atoms with Gasteiger partial charge in [0, 0.05) is 5.56 Å². The average molecular weight is 548 g/mol. The fraction of sp³-hybridized carbons (Fsp3) is 0.611. The zero-order chi connectivity index (χ0) is 28.6. The van der Waals surface area contributed by atoms with Gasteiger partial charge < -0.3 is 4.74 Å². The molecule has 0 amide bonds. The number of benzene rings is 2. The highest BCUT2D eigenvalue weighted by Crippen LogP contribution is 2.41. The summed E-state index contributed by atoms with van der Waals surface area (Å²) in [7, 11) is 0. The fourth-order valence-electron chi connectivity index (χ4n) is 5.99. The number of halogens is 1. The van der Waals surface area contributed by atoms with Crippen LogP contribution in [0.25, 0.3) is 11.1 Å². The summed E-state index contributed by atoms with van der Waals surface area (Å²) in [5, 5.41) is 9.84. The molecule has 4 heteroatoms. The minimum absolute atomic E-state index is 0.143. The van der Waals surface area contributed by atoms with E-state index >= 15 is 0 Å². The van der Waals surface area contributed by atoms with Crippen molar-refractivity contribution in [3.8, 4) is 17.2 Å². The zero-order valence-electron chi connectivity index (χ0n) is 25.0. The maximum atomic E-state index is 14.9. The molecule has 0 saturated heterocycles. The molecule has 0 bridgehead atoms. The van der Waals surface area contributed by atoms with Crippen molar-refractivity contribution in [2.45, 2.75) is 136 Å². The molecule has 218 valence electrons. The molecular formula is C36H50FNO2. The van der Waals surface area contributed by atoms with Crippen LogP contribution in [0.3, 0.4) is 0 Å². The lowest BCUT2D eigenvalue weighted by molar-refractivity contribution is 0.0105. The first-order chi connectivity index (χ1) is 19.5. The van der Waals surface area contributed by atoms with Gasteiger partial charge in [0.1, 0.15) is 11.9 Å². The Labute approximate surface area is 242 Å². The summed E-state index contributed by atoms with van der Waals surface area (Å²) in [6.07, 6.45) is 19.6. The topological polar surface area (TPSA) is 50.1 Å². The van der Waals surface area contributed by atoms with Gasteiger partial charge in [-0.15, -0.1) is 0 Å². The molecule has 3 rings (SSSR count). The van der Waals surface area contributed by atoms with Gasteiger partial charge in [-0.25, -0.2) is 9.18 Å². The molecule has 1 fully saturated rings. The highest BCUT2D eigenvalue weighted by atomic mass is 19.1. The third-order valence-corrected chi connectivity index (χ3v) is 8.69. The van der Waals surface area contributed by atoms with E-state index in [1.54, 1.807) is 30.3 Å². The number of hydrogen-bond acceptors (Lipinski definition) is 3. The highest BCUT2D eigenvalue weighted by molar-refractivity contribution is 5.90. The lowest BCUT2D eigenvalue weighted by atomic mass is 9.71. The molecule has 2 aromatic rings. The first kappa shape index (κ1) is 31.9. The van der Waals surface area contributed by atoms with E-state index in [2.05, 4.69) is 19.9 Å². The monoisotopic (exact) mass is 547 g/mol. The van der Waals surface area contributed by atoms with E-state index in [-0.39, 0.29) is 23.3 Å². The van der Waals surface area contributed by atoms with Crippen molar-refractivity contribution in [3.63, 3.8) is 0 Å². The molecule has 40 heavy (non-hydrogen) atoms. The summed E-state index contributed by atoms with van der Waals surface area (Å²) in [5.74, 6) is -0.560. The van der Waals surface area contributed by atoms with Gasteiger partial charge in [0.25, 0.3) is 0 Å². The summed E-state index contributed by atoms with van der Waals surface area (Å²) in [6, 6.07) is 15.2. The van der Waals surface area contributed by atoms with E-state index in [1.807, 2.05) is 12.1 Å². The molecule has 1 saturated carbocycles. The SMILES string of the molecule is CCCCCCCCCc1ccc(-c2ccc(C(=O)OC3CCC(C#N)(CCCCCCC)CC3)cc2)c(F)c1. The van der Waals surface area contributed by atoms with Crippen LogP contribution in [0, 0.1) is 22.6 Å². The Balaban J connectivity index is 1.45. The van der Waals surface area contributed by atoms with Gasteiger partial charge in [0.2, 0.25) is 0 Å². The first-order valence-electron chi connectivity index (χ1n) is 16.0. The summed E-state index contributed by atoms with van der Waals surface area (Å²) in [5.41, 5.74) is 2.57. The van der Waals surface area contributed by atoms with Crippen molar-refractivity contribution in [2.24, 2.45) is 5.41 Å². The summed E-state index contributed by atoms with van der Waals surface area (Å²) < 4.78 is 20.7. The van der Waals surface area contributed by atoms with E-state index < -0.39 is 0 Å². The van der Waals surface area contributed by atoms with E-state index in [9.17, 15) is 14.4 Å². The molecule has 0 spiro atoms. The van der Waals surface area contributed by atoms with Crippen LogP contribution in [0.5, 0.6) is 0 Å². The minimum atomic E-state index is -0.342. The molecule has 0 N–H and O–H groups in total. The molecule has 0 aromatic heterocycles. The Morgan fingerprint density at radius 2 is 1.48 bits per heavy atom. The van der Waals surface area contributed by atoms with Gasteiger partial charge in [-0.2, -0.15) is 5.26 Å². The van der Waals surface area contributed by atoms with Gasteiger partial charge in [0.15, 0.2) is 0 Å². The van der Waals surface area contributed by atoms with E-state index in [0.717, 1.165) is 62.5 Å². The number of carbonyl (C=O) groups excluding carboxylic acids is 1. The Morgan fingerprint density at radius 3 is 2.08 bits per heavy atom. The van der Waals surface area contributed by atoms with Crippen molar-refractivity contribution in [2.75, 3.05) is 0 Å². The van der Waals surface area contributed by atoms with Crippen LogP contribution in [0.4, 0.5) is 4.39 Å². The molecule has 1 aliphatic rings. The van der Waals surface area contributed by atoms with E-state index in [0.29, 0.717) is 11.1 Å². The minimum Gasteiger partial charge on any atom is -0.459 e. The predicted molar refractivity (Wildman–Crippen MR) is 163 cm³/mol. The Hall–Kier alpha value is -2.67. The number of unbranched alkanes of at least 4 members (excludes halogenated alkanes) is 10. The number of nitrogens with zero attached hydrogens (tertiary/aromatic N) is 1. The molecule has 0 heterocycles. The second kappa shape index (κ2) is 17.2. The Kier molecular flexibility index (Phi) is 13.7. The summed E-state index contributed by atoms with van der Waals surface area (Å²) in [6.45, 7) is 4.44. The maximum absolute atomic E-state index is 14.9. The van der Waals surface area contributed by atoms with Crippen LogP contribution in [0.1, 0.15) is 139 Å². The van der Waals surface area contributed by atoms with Crippen LogP contribution in [-0.4, -0.2) is 12.1 Å². The first-order valence-corrected chi connectivity index (χ1v) is 16.0. The van der Waals surface area contributed by atoms with Crippen molar-refractivity contribution in [3.05, 3.63) is 59.4 Å². The summed E-state index contributed by atoms with van der Waals surface area (Å²) in [4.78, 5) is 12.8. The van der Waals surface area contributed by atoms with Crippen LogP contribution in [-0.2, 0) is 11.2 Å². The second-order valence-electron chi connectivity index (χ2n) is 11.9. The largest absolute Gasteiger partial charge is 0.459 e. The number of nitriles is 1. The third kappa shape index (κ3) is 10.1. The van der Waals surface area contributed by atoms with Crippen LogP contribution in [0.15, 0.2) is 42.5 Å². The predicted octanol–water partition coefficient (Wildman–Crippen LogP) is 10.8. The van der Waals surface area contributed by atoms with Crippen molar-refractivity contribution in [1.29, 1.82) is 5.26 Å². The van der Waals surface area contributed by atoms with E-state index in [1.165, 1.54) is 64.2 Å². The zero-order valence-corrected chi connectivity index (χ0v) is 25.0. The lowest BCUT2D eigenvalue weighted by Crippen LogP contribution is -2.31. The summed E-state index contributed by atoms with van der Waals surface area (Å²) >= 11 is 0. The van der Waals surface area contributed by atoms with Crippen molar-refractivity contribution < 1.29 is 13.9 Å². The second-order valence-corrected chi connectivity index (χ2v) is 11.9. The molecular weight excluding hydrogens is 497 g/mol. The van der Waals surface area contributed by atoms with Crippen LogP contribution in [0.2, 0.25) is 0 Å². The van der Waals surface area contributed by atoms with Gasteiger partial charge in [-0.3, -0.25) is 0 Å². The number of ether oxygens (including phenoxy) is 1. The number of aryl methyl sites for hydroxylation is 1. The lowest BCUT2D eigenvalue weighted by Gasteiger charge is -2.34. The molecule has 2 aromatic carbocycles. The Bertz CT molecular complexity index is 1060. The smallest absolute Gasteiger partial charge is 0.338 e. The molecule has 1 aliphatic carbocycles. The standard InChI is InChI=1S/C36H50FNO2/c1-3-5-7-9-10-11-13-15-29-16-21-33(34(37)27-29)30-17-19-31(20-18-30)35(39)40-32-22-25-36(28-38,26-23-32)24-14-12-8-6-4-2/h16-21,27,32H,3-15,22-26H2,1-2H3. The quantitative estimate of drug-likeness (QED) is 0.146. The molecule has 0 aliphatic heterocycles. The normalized spacial score (nSPS) is 18.8. The number of hydrogen-bond donors (Lipinski definition) is 0. The molecule has 0 atom stereocenters. The van der Waals surface area contributed by atoms with Crippen molar-refractivity contribution in [1.82, 2.24) is 0 Å².